The Balaban J connectivity index is 3.27. The molecule has 0 unspecified atom stereocenters. The zero-order valence-corrected chi connectivity index (χ0v) is 9.06. The van der Waals surface area contributed by atoms with Crippen LogP contribution in [0.5, 0.6) is 0 Å². The third-order valence-electron chi connectivity index (χ3n) is 1.84. The van der Waals surface area contributed by atoms with Crippen molar-refractivity contribution in [1.82, 2.24) is 4.98 Å². The van der Waals surface area contributed by atoms with Gasteiger partial charge in [-0.05, 0) is 0 Å². The van der Waals surface area contributed by atoms with Gasteiger partial charge in [-0.3, -0.25) is 4.98 Å². The topological polar surface area (TPSA) is 36.7 Å². The molecule has 0 aliphatic heterocycles. The summed E-state index contributed by atoms with van der Waals surface area (Å²) in [6.07, 6.45) is -2.08. The molecule has 0 aromatic carbocycles. The number of nitrogens with zero attached hydrogens (tertiary/aromatic N) is 2. The Morgan fingerprint density at radius 1 is 1.53 bits per heavy atom. The second-order valence-corrected chi connectivity index (χ2v) is 3.28. The fraction of sp³-hybridized carbons (Fsp3) is 0.333. The first kappa shape index (κ1) is 12.0. The van der Waals surface area contributed by atoms with Crippen LogP contribution in [0.15, 0.2) is 6.20 Å². The van der Waals surface area contributed by atoms with Gasteiger partial charge in [0.05, 0.1) is 18.2 Å². The third kappa shape index (κ3) is 2.48. The van der Waals surface area contributed by atoms with Crippen molar-refractivity contribution in [2.24, 2.45) is 0 Å². The van der Waals surface area contributed by atoms with E-state index in [2.05, 4.69) is 20.9 Å². The minimum Gasteiger partial charge on any atom is -0.257 e. The average Bonchev–Trinajstić information content (AvgIpc) is 2.20. The van der Waals surface area contributed by atoms with E-state index in [0.717, 1.165) is 6.20 Å². The van der Waals surface area contributed by atoms with Gasteiger partial charge in [0.15, 0.2) is 0 Å². The molecule has 0 saturated heterocycles. The van der Waals surface area contributed by atoms with Crippen LogP contribution in [0.1, 0.15) is 23.2 Å². The van der Waals surface area contributed by atoms with Crippen LogP contribution in [0.25, 0.3) is 0 Å². The standard InChI is InChI=1S/C9H6BrF3N2/c10-3-5-6(9(12)13)4-15-7(1-2-14)8(5)11/h4,9H,1,3H2. The number of halogens is 4. The Kier molecular flexibility index (Phi) is 4.09. The molecular weight excluding hydrogens is 273 g/mol. The van der Waals surface area contributed by atoms with Crippen LogP contribution >= 0.6 is 15.9 Å². The normalized spacial score (nSPS) is 10.4. The van der Waals surface area contributed by atoms with Gasteiger partial charge in [-0.15, -0.1) is 0 Å². The number of nitriles is 1. The number of alkyl halides is 3. The lowest BCUT2D eigenvalue weighted by molar-refractivity contribution is 0.149. The molecule has 6 heteroatoms. The predicted molar refractivity (Wildman–Crippen MR) is 51.1 cm³/mol. The van der Waals surface area contributed by atoms with Crippen molar-refractivity contribution in [3.63, 3.8) is 0 Å². The van der Waals surface area contributed by atoms with E-state index in [1.165, 1.54) is 0 Å². The van der Waals surface area contributed by atoms with E-state index >= 15 is 0 Å². The van der Waals surface area contributed by atoms with Crippen molar-refractivity contribution in [2.45, 2.75) is 18.2 Å². The zero-order valence-electron chi connectivity index (χ0n) is 7.48. The Bertz CT molecular complexity index is 401. The Morgan fingerprint density at radius 2 is 2.20 bits per heavy atom. The number of aromatic nitrogens is 1. The highest BCUT2D eigenvalue weighted by atomic mass is 79.9. The van der Waals surface area contributed by atoms with Crippen molar-refractivity contribution in [1.29, 1.82) is 5.26 Å². The molecule has 1 aromatic rings. The molecule has 15 heavy (non-hydrogen) atoms. The van der Waals surface area contributed by atoms with E-state index in [1.54, 1.807) is 6.07 Å². The van der Waals surface area contributed by atoms with Crippen molar-refractivity contribution in [3.8, 4) is 6.07 Å². The number of hydrogen-bond donors (Lipinski definition) is 0. The van der Waals surface area contributed by atoms with Crippen LogP contribution in [0.4, 0.5) is 13.2 Å². The molecule has 0 saturated carbocycles. The van der Waals surface area contributed by atoms with Crippen LogP contribution in [0, 0.1) is 17.1 Å². The first-order chi connectivity index (χ1) is 7.11. The molecule has 80 valence electrons. The summed E-state index contributed by atoms with van der Waals surface area (Å²) in [6.45, 7) is 0. The monoisotopic (exact) mass is 278 g/mol. The SMILES string of the molecule is N#CCc1ncc(C(F)F)c(CBr)c1F. The Labute approximate surface area is 92.9 Å². The molecule has 1 rings (SSSR count). The van der Waals surface area contributed by atoms with E-state index in [1.807, 2.05) is 0 Å². The lowest BCUT2D eigenvalue weighted by Crippen LogP contribution is -2.03. The van der Waals surface area contributed by atoms with Gasteiger partial charge in [-0.1, -0.05) is 15.9 Å². The summed E-state index contributed by atoms with van der Waals surface area (Å²) in [5.74, 6) is -0.828. The summed E-state index contributed by atoms with van der Waals surface area (Å²) < 4.78 is 38.3. The molecule has 0 atom stereocenters. The van der Waals surface area contributed by atoms with Gasteiger partial charge in [-0.2, -0.15) is 5.26 Å². The third-order valence-corrected chi connectivity index (χ3v) is 2.40. The number of pyridine rings is 1. The lowest BCUT2D eigenvalue weighted by Gasteiger charge is -2.08. The summed E-state index contributed by atoms with van der Waals surface area (Å²) in [4.78, 5) is 3.50. The van der Waals surface area contributed by atoms with Gasteiger partial charge in [0.25, 0.3) is 6.43 Å². The van der Waals surface area contributed by atoms with Gasteiger partial charge in [0.1, 0.15) is 5.82 Å². The molecule has 0 amide bonds. The van der Waals surface area contributed by atoms with Gasteiger partial charge in [-0.25, -0.2) is 13.2 Å². The summed E-state index contributed by atoms with van der Waals surface area (Å²) >= 11 is 2.93. The minimum atomic E-state index is -2.77. The van der Waals surface area contributed by atoms with Gasteiger partial charge < -0.3 is 0 Å². The van der Waals surface area contributed by atoms with Gasteiger partial charge in [0, 0.05) is 22.7 Å². The molecular formula is C9H6BrF3N2. The van der Waals surface area contributed by atoms with E-state index in [4.69, 9.17) is 5.26 Å². The smallest absolute Gasteiger partial charge is 0.257 e. The zero-order chi connectivity index (χ0) is 11.4. The molecule has 0 bridgehead atoms. The summed E-state index contributed by atoms with van der Waals surface area (Å²) in [5, 5.41) is 8.34. The summed E-state index contributed by atoms with van der Waals surface area (Å²) in [5.41, 5.74) is -0.673. The summed E-state index contributed by atoms with van der Waals surface area (Å²) in [6, 6.07) is 1.72. The maximum Gasteiger partial charge on any atom is 0.265 e. The molecule has 0 N–H and O–H groups in total. The van der Waals surface area contributed by atoms with Crippen LogP contribution in [-0.4, -0.2) is 4.98 Å². The fourth-order valence-electron chi connectivity index (χ4n) is 1.10. The molecule has 1 aromatic heterocycles. The van der Waals surface area contributed by atoms with Crippen molar-refractivity contribution < 1.29 is 13.2 Å². The molecule has 0 aliphatic rings. The van der Waals surface area contributed by atoms with Gasteiger partial charge in [0.2, 0.25) is 0 Å². The molecule has 0 spiro atoms. The quantitative estimate of drug-likeness (QED) is 0.797. The molecule has 1 heterocycles. The predicted octanol–water partition coefficient (Wildman–Crippen LogP) is 3.12. The maximum atomic E-state index is 13.5. The Morgan fingerprint density at radius 3 is 2.67 bits per heavy atom. The highest BCUT2D eigenvalue weighted by Gasteiger charge is 2.19. The molecule has 2 nitrogen and oxygen atoms in total. The van der Waals surface area contributed by atoms with Crippen LogP contribution in [0.2, 0.25) is 0 Å². The van der Waals surface area contributed by atoms with Crippen LogP contribution in [0.3, 0.4) is 0 Å². The fourth-order valence-corrected chi connectivity index (χ4v) is 1.67. The van der Waals surface area contributed by atoms with Crippen molar-refractivity contribution in [2.75, 3.05) is 0 Å². The van der Waals surface area contributed by atoms with E-state index in [0.29, 0.717) is 0 Å². The number of hydrogen-bond acceptors (Lipinski definition) is 2. The highest BCUT2D eigenvalue weighted by Crippen LogP contribution is 2.27. The first-order valence-corrected chi connectivity index (χ1v) is 5.11. The largest absolute Gasteiger partial charge is 0.265 e. The molecule has 0 aliphatic carbocycles. The van der Waals surface area contributed by atoms with Crippen molar-refractivity contribution in [3.05, 3.63) is 28.8 Å². The lowest BCUT2D eigenvalue weighted by atomic mass is 10.1. The van der Waals surface area contributed by atoms with Crippen molar-refractivity contribution >= 4 is 15.9 Å². The number of rotatable bonds is 3. The van der Waals surface area contributed by atoms with Crippen LogP contribution < -0.4 is 0 Å². The molecule has 0 fully saturated rings. The van der Waals surface area contributed by atoms with Gasteiger partial charge >= 0.3 is 0 Å². The Hall–Kier alpha value is -1.09. The minimum absolute atomic E-state index is 0.0283. The highest BCUT2D eigenvalue weighted by molar-refractivity contribution is 9.08. The first-order valence-electron chi connectivity index (χ1n) is 3.99. The van der Waals surface area contributed by atoms with Crippen LogP contribution in [-0.2, 0) is 11.8 Å². The van der Waals surface area contributed by atoms with E-state index < -0.39 is 17.8 Å². The average molecular weight is 279 g/mol. The summed E-state index contributed by atoms with van der Waals surface area (Å²) in [7, 11) is 0. The van der Waals surface area contributed by atoms with E-state index in [-0.39, 0.29) is 23.0 Å². The second-order valence-electron chi connectivity index (χ2n) is 2.72. The molecule has 0 radical (unpaired) electrons. The maximum absolute atomic E-state index is 13.5. The second kappa shape index (κ2) is 5.12. The van der Waals surface area contributed by atoms with E-state index in [9.17, 15) is 13.2 Å².